The van der Waals surface area contributed by atoms with E-state index in [1.807, 2.05) is 41.5 Å². The molecule has 2 aliphatic heterocycles. The zero-order valence-corrected chi connectivity index (χ0v) is 27.4. The third-order valence-corrected chi connectivity index (χ3v) is 8.81. The number of amides is 4. The molecule has 44 heavy (non-hydrogen) atoms. The van der Waals surface area contributed by atoms with Gasteiger partial charge in [-0.25, -0.2) is 0 Å². The van der Waals surface area contributed by atoms with Crippen LogP contribution in [0.2, 0.25) is 0 Å². The van der Waals surface area contributed by atoms with Crippen LogP contribution < -0.4 is 30.7 Å². The summed E-state index contributed by atoms with van der Waals surface area (Å²) in [4.78, 5) is 56.5. The van der Waals surface area contributed by atoms with Gasteiger partial charge < -0.3 is 35.6 Å². The lowest BCUT2D eigenvalue weighted by molar-refractivity contribution is -0.145. The van der Waals surface area contributed by atoms with E-state index in [-0.39, 0.29) is 42.0 Å². The van der Waals surface area contributed by atoms with Crippen molar-refractivity contribution in [2.24, 2.45) is 17.8 Å². The van der Waals surface area contributed by atoms with Crippen LogP contribution in [0, 0.1) is 17.8 Å². The summed E-state index contributed by atoms with van der Waals surface area (Å²) in [6.07, 6.45) is 4.88. The first-order valence-electron chi connectivity index (χ1n) is 15.9. The summed E-state index contributed by atoms with van der Waals surface area (Å²) in [5.41, 5.74) is 0.687. The Bertz CT molecular complexity index is 1200. The van der Waals surface area contributed by atoms with E-state index < -0.39 is 36.2 Å². The van der Waals surface area contributed by atoms with E-state index in [9.17, 15) is 19.2 Å². The van der Waals surface area contributed by atoms with E-state index in [1.54, 1.807) is 38.4 Å². The molecule has 2 heterocycles. The number of hydrogen-bond donors (Lipinski definition) is 4. The smallest absolute Gasteiger partial charge is 0.247 e. The topological polar surface area (TPSA) is 138 Å². The van der Waals surface area contributed by atoms with Crippen LogP contribution in [0.1, 0.15) is 72.8 Å². The Morgan fingerprint density at radius 1 is 1.11 bits per heavy atom. The second-order valence-corrected chi connectivity index (χ2v) is 12.4. The molecule has 2 aliphatic rings. The number of likely N-dealkylation sites (N-methyl/N-ethyl adjacent to an activating group) is 1. The number of rotatable bonds is 11. The molecule has 0 radical (unpaired) electrons. The van der Waals surface area contributed by atoms with Gasteiger partial charge in [0.05, 0.1) is 13.2 Å². The molecule has 4 N–H and O–H groups in total. The molecule has 3 rings (SSSR count). The van der Waals surface area contributed by atoms with Gasteiger partial charge >= 0.3 is 0 Å². The first-order valence-corrected chi connectivity index (χ1v) is 15.9. The second kappa shape index (κ2) is 15.9. The molecule has 1 saturated heterocycles. The summed E-state index contributed by atoms with van der Waals surface area (Å²) in [6, 6.07) is 2.15. The third-order valence-electron chi connectivity index (χ3n) is 8.81. The van der Waals surface area contributed by atoms with Crippen LogP contribution >= 0.6 is 0 Å². The minimum Gasteiger partial charge on any atom is -0.496 e. The molecule has 1 fully saturated rings. The molecule has 0 spiro atoms. The minimum absolute atomic E-state index is 0.176. The number of nitrogens with zero attached hydrogens (tertiary/aromatic N) is 1. The van der Waals surface area contributed by atoms with Gasteiger partial charge in [0.1, 0.15) is 35.7 Å². The number of hydrogen-bond acceptors (Lipinski definition) is 7. The Labute approximate surface area is 261 Å². The predicted molar refractivity (Wildman–Crippen MR) is 170 cm³/mol. The monoisotopic (exact) mass is 613 g/mol. The molecule has 2 bridgehead atoms. The molecule has 11 nitrogen and oxygen atoms in total. The van der Waals surface area contributed by atoms with Gasteiger partial charge in [-0.2, -0.15) is 0 Å². The largest absolute Gasteiger partial charge is 0.496 e. The highest BCUT2D eigenvalue weighted by Gasteiger charge is 2.47. The summed E-state index contributed by atoms with van der Waals surface area (Å²) >= 11 is 0. The SMILES string of the molecule is CC[C@H](C)[C@@H]1NC(=O)[C@@H]2[C@H](CCN2C(=O)[C@@H](NC(=O)[C@H](CC(C)C)NC)[C@@H](C)CC)Oc2ccc(OC)c(c2)C=CNC1=O. The number of likely N-dealkylation sites (tertiary alicyclic amines) is 1. The summed E-state index contributed by atoms with van der Waals surface area (Å²) in [7, 11) is 3.29. The minimum atomic E-state index is -1.01. The fraction of sp³-hybridized carbons (Fsp3) is 0.636. The Hall–Kier alpha value is -3.60. The number of ether oxygens (including phenoxy) is 2. The Balaban J connectivity index is 2.02. The van der Waals surface area contributed by atoms with Gasteiger partial charge in [-0.3, -0.25) is 19.2 Å². The lowest BCUT2D eigenvalue weighted by atomic mass is 9.95. The molecule has 0 unspecified atom stereocenters. The van der Waals surface area contributed by atoms with E-state index >= 15 is 0 Å². The average Bonchev–Trinajstić information content (AvgIpc) is 3.43. The van der Waals surface area contributed by atoms with E-state index in [2.05, 4.69) is 21.3 Å². The number of methoxy groups -OCH3 is 1. The van der Waals surface area contributed by atoms with Gasteiger partial charge in [0.25, 0.3) is 0 Å². The number of benzene rings is 1. The van der Waals surface area contributed by atoms with Crippen molar-refractivity contribution in [1.29, 1.82) is 0 Å². The van der Waals surface area contributed by atoms with Crippen LogP contribution in [0.5, 0.6) is 11.5 Å². The summed E-state index contributed by atoms with van der Waals surface area (Å²) in [5, 5.41) is 11.8. The van der Waals surface area contributed by atoms with E-state index in [1.165, 1.54) is 11.1 Å². The number of carbonyl (C=O) groups excluding carboxylic acids is 4. The van der Waals surface area contributed by atoms with Crippen LogP contribution in [-0.2, 0) is 19.2 Å². The van der Waals surface area contributed by atoms with Crippen LogP contribution in [0.25, 0.3) is 6.08 Å². The first kappa shape index (κ1) is 34.9. The Kier molecular flexibility index (Phi) is 12.6. The predicted octanol–water partition coefficient (Wildman–Crippen LogP) is 2.84. The van der Waals surface area contributed by atoms with Crippen LogP contribution in [-0.4, -0.2) is 79.5 Å². The molecule has 0 aromatic heterocycles. The van der Waals surface area contributed by atoms with Crippen molar-refractivity contribution < 1.29 is 28.7 Å². The van der Waals surface area contributed by atoms with Gasteiger partial charge in [0, 0.05) is 24.7 Å². The van der Waals surface area contributed by atoms with Gasteiger partial charge in [-0.05, 0) is 55.5 Å². The van der Waals surface area contributed by atoms with Gasteiger partial charge in [-0.15, -0.1) is 0 Å². The highest BCUT2D eigenvalue weighted by molar-refractivity contribution is 5.96. The third kappa shape index (κ3) is 8.31. The lowest BCUT2D eigenvalue weighted by Gasteiger charge is -2.34. The van der Waals surface area contributed by atoms with Crippen molar-refractivity contribution in [3.8, 4) is 11.5 Å². The lowest BCUT2D eigenvalue weighted by Crippen LogP contribution is -2.61. The van der Waals surface area contributed by atoms with Crippen LogP contribution in [0.3, 0.4) is 0 Å². The van der Waals surface area contributed by atoms with Crippen molar-refractivity contribution in [3.05, 3.63) is 30.0 Å². The first-order chi connectivity index (χ1) is 20.9. The van der Waals surface area contributed by atoms with E-state index in [4.69, 9.17) is 9.47 Å². The maximum atomic E-state index is 14.3. The molecule has 244 valence electrons. The fourth-order valence-electron chi connectivity index (χ4n) is 5.72. The average molecular weight is 614 g/mol. The molecule has 1 aromatic rings. The zero-order chi connectivity index (χ0) is 32.6. The standard InChI is InChI=1S/C33H51N5O6/c1-9-20(5)27-31(40)35-15-13-22-18-23(11-12-25(22)43-8)44-26-14-16-38(29(26)32(41)36-27)33(42)28(21(6)10-2)37-30(39)24(34-7)17-19(3)4/h11-13,15,18-21,24,26-29,34H,9-10,14,16-17H2,1-8H3,(H,35,40)(H,36,41)(H,37,39)/t20-,21-,24-,26-,27-,28-,29-/m0/s1. The van der Waals surface area contributed by atoms with Crippen molar-refractivity contribution >= 4 is 29.7 Å². The summed E-state index contributed by atoms with van der Waals surface area (Å²) in [5.74, 6) is -0.416. The quantitative estimate of drug-likeness (QED) is 0.301. The highest BCUT2D eigenvalue weighted by atomic mass is 16.5. The Morgan fingerprint density at radius 2 is 1.84 bits per heavy atom. The van der Waals surface area contributed by atoms with Gasteiger partial charge in [-0.1, -0.05) is 54.4 Å². The fourth-order valence-corrected chi connectivity index (χ4v) is 5.72. The highest BCUT2D eigenvalue weighted by Crippen LogP contribution is 2.30. The van der Waals surface area contributed by atoms with Crippen molar-refractivity contribution in [3.63, 3.8) is 0 Å². The van der Waals surface area contributed by atoms with E-state index in [0.717, 1.165) is 0 Å². The molecule has 7 atom stereocenters. The van der Waals surface area contributed by atoms with Gasteiger partial charge in [0.2, 0.25) is 23.6 Å². The van der Waals surface area contributed by atoms with Crippen LogP contribution in [0.15, 0.2) is 24.4 Å². The number of fused-ring (bicyclic) bond motifs is 3. The molecule has 0 saturated carbocycles. The van der Waals surface area contributed by atoms with Crippen molar-refractivity contribution in [2.75, 3.05) is 20.7 Å². The van der Waals surface area contributed by atoms with Crippen molar-refractivity contribution in [1.82, 2.24) is 26.2 Å². The molecule has 11 heteroatoms. The second-order valence-electron chi connectivity index (χ2n) is 12.4. The molecular weight excluding hydrogens is 562 g/mol. The zero-order valence-electron chi connectivity index (χ0n) is 27.4. The Morgan fingerprint density at radius 3 is 2.45 bits per heavy atom. The van der Waals surface area contributed by atoms with Crippen LogP contribution in [0.4, 0.5) is 0 Å². The van der Waals surface area contributed by atoms with Crippen molar-refractivity contribution in [2.45, 2.75) is 97.5 Å². The summed E-state index contributed by atoms with van der Waals surface area (Å²) in [6.45, 7) is 12.1. The molecular formula is C33H51N5O6. The maximum Gasteiger partial charge on any atom is 0.247 e. The number of carbonyl (C=O) groups is 4. The maximum absolute atomic E-state index is 14.3. The van der Waals surface area contributed by atoms with Gasteiger partial charge in [0.15, 0.2) is 0 Å². The number of nitrogens with one attached hydrogen (secondary N) is 4. The molecule has 1 aromatic carbocycles. The molecule has 0 aliphatic carbocycles. The summed E-state index contributed by atoms with van der Waals surface area (Å²) < 4.78 is 11.9. The normalized spacial score (nSPS) is 23.0. The molecule has 4 amide bonds. The van der Waals surface area contributed by atoms with E-state index in [0.29, 0.717) is 42.7 Å².